The minimum absolute atomic E-state index is 0.0272. The van der Waals surface area contributed by atoms with E-state index >= 15 is 0 Å². The molecule has 2 aliphatic rings. The molecule has 2 aliphatic heterocycles. The van der Waals surface area contributed by atoms with Gasteiger partial charge in [0.2, 0.25) is 0 Å². The van der Waals surface area contributed by atoms with Gasteiger partial charge in [-0.05, 0) is 61.2 Å². The number of aromatic amines is 1. The topological polar surface area (TPSA) is 131 Å². The van der Waals surface area contributed by atoms with Crippen LogP contribution in [0.25, 0.3) is 22.6 Å². The summed E-state index contributed by atoms with van der Waals surface area (Å²) in [5.74, 6) is -2.82. The number of rotatable bonds is 11. The van der Waals surface area contributed by atoms with E-state index in [4.69, 9.17) is 5.41 Å². The van der Waals surface area contributed by atoms with Crippen LogP contribution in [-0.2, 0) is 30.6 Å². The fourth-order valence-corrected chi connectivity index (χ4v) is 6.47. The van der Waals surface area contributed by atoms with Crippen molar-refractivity contribution in [3.63, 3.8) is 0 Å². The number of nitrogens with zero attached hydrogens (tertiary/aromatic N) is 5. The van der Waals surface area contributed by atoms with E-state index in [9.17, 15) is 40.3 Å². The third-order valence-electron chi connectivity index (χ3n) is 9.33. The largest absolute Gasteiger partial charge is 0.417 e. The van der Waals surface area contributed by atoms with Crippen molar-refractivity contribution in [1.82, 2.24) is 35.3 Å². The van der Waals surface area contributed by atoms with Crippen LogP contribution in [0.1, 0.15) is 58.9 Å². The molecule has 0 saturated carbocycles. The molecule has 0 aliphatic carbocycles. The van der Waals surface area contributed by atoms with Gasteiger partial charge in [-0.2, -0.15) is 31.4 Å². The van der Waals surface area contributed by atoms with E-state index in [1.165, 1.54) is 18.0 Å². The van der Waals surface area contributed by atoms with Crippen LogP contribution in [-0.4, -0.2) is 59.5 Å². The molecule has 0 spiro atoms. The Hall–Kier alpha value is -6.13. The molecule has 0 bridgehead atoms. The lowest BCUT2D eigenvalue weighted by Gasteiger charge is -2.28. The highest BCUT2D eigenvalue weighted by Crippen LogP contribution is 2.37. The van der Waals surface area contributed by atoms with Gasteiger partial charge in [0, 0.05) is 42.0 Å². The van der Waals surface area contributed by atoms with Crippen LogP contribution in [0.15, 0.2) is 97.1 Å². The van der Waals surface area contributed by atoms with Crippen molar-refractivity contribution >= 4 is 17.8 Å². The third-order valence-corrected chi connectivity index (χ3v) is 9.33. The number of fused-ring (bicyclic) bond motifs is 1. The summed E-state index contributed by atoms with van der Waals surface area (Å²) in [7, 11) is 0. The predicted octanol–water partition coefficient (Wildman–Crippen LogP) is 8.03. The van der Waals surface area contributed by atoms with Gasteiger partial charge in [-0.25, -0.2) is 14.4 Å². The first-order chi connectivity index (χ1) is 26.0. The summed E-state index contributed by atoms with van der Waals surface area (Å²) in [6.45, 7) is 4.47. The van der Waals surface area contributed by atoms with E-state index in [2.05, 4.69) is 32.1 Å². The van der Waals surface area contributed by atoms with Crippen LogP contribution >= 0.6 is 0 Å². The Morgan fingerprint density at radius 1 is 1.05 bits per heavy atom. The molecule has 0 unspecified atom stereocenters. The molecule has 1 saturated heterocycles. The first kappa shape index (κ1) is 38.6. The van der Waals surface area contributed by atoms with Crippen LogP contribution < -0.4 is 5.32 Å². The molecule has 4 heterocycles. The normalized spacial score (nSPS) is 17.6. The standard InChI is InChI=1S/C38H33F7N8O2/c1-3-27(39)10-8-22(2)36(13-5-14-37(40,41)42)34(55)53(35(46)50-36)19-23-9-11-29(38(43,44)45)28(16-23)33(54)52-20-26-18-47-32(49-31(26)21-52)25-7-4-6-24(17-25)30-12-15-48-51-30/h3-4,6-12,15-18H,2,5,13-14,19-21H2,1H3,(H2,46,50)(H,48,51)/b10-8-,27-3+/t36-/m1/s1. The lowest BCUT2D eigenvalue weighted by molar-refractivity contribution is -0.139. The average Bonchev–Trinajstić information content (AvgIpc) is 3.89. The molecular formula is C38H33F7N8O2. The van der Waals surface area contributed by atoms with Crippen LogP contribution in [0, 0.1) is 5.41 Å². The van der Waals surface area contributed by atoms with E-state index in [1.807, 2.05) is 18.2 Å². The minimum Gasteiger partial charge on any atom is -0.338 e. The van der Waals surface area contributed by atoms with Gasteiger partial charge in [0.1, 0.15) is 11.4 Å². The number of carbonyl (C=O) groups is 2. The second-order valence-corrected chi connectivity index (χ2v) is 13.0. The maximum atomic E-state index is 14.3. The zero-order chi connectivity index (χ0) is 39.7. The first-order valence-corrected chi connectivity index (χ1v) is 16.9. The van der Waals surface area contributed by atoms with Crippen molar-refractivity contribution in [1.29, 1.82) is 5.41 Å². The van der Waals surface area contributed by atoms with Gasteiger partial charge < -0.3 is 10.2 Å². The number of benzene rings is 2. The number of H-pyrrole nitrogens is 1. The number of guanidine groups is 1. The highest BCUT2D eigenvalue weighted by molar-refractivity contribution is 6.10. The summed E-state index contributed by atoms with van der Waals surface area (Å²) in [5.41, 5.74) is -0.772. The summed E-state index contributed by atoms with van der Waals surface area (Å²) in [6.07, 6.45) is -5.47. The highest BCUT2D eigenvalue weighted by Gasteiger charge is 2.51. The summed E-state index contributed by atoms with van der Waals surface area (Å²) >= 11 is 0. The Balaban J connectivity index is 1.25. The fourth-order valence-electron chi connectivity index (χ4n) is 6.47. The van der Waals surface area contributed by atoms with Crippen molar-refractivity contribution in [3.05, 3.63) is 125 Å². The van der Waals surface area contributed by atoms with E-state index in [-0.39, 0.29) is 24.2 Å². The van der Waals surface area contributed by atoms with Crippen LogP contribution in [0.3, 0.4) is 0 Å². The number of aromatic nitrogens is 4. The zero-order valence-electron chi connectivity index (χ0n) is 29.2. The van der Waals surface area contributed by atoms with Gasteiger partial charge in [0.05, 0.1) is 35.6 Å². The van der Waals surface area contributed by atoms with E-state index < -0.39 is 78.4 Å². The van der Waals surface area contributed by atoms with Crippen molar-refractivity contribution in [3.8, 4) is 22.6 Å². The molecule has 2 aromatic heterocycles. The second kappa shape index (κ2) is 14.9. The van der Waals surface area contributed by atoms with Gasteiger partial charge >= 0.3 is 12.4 Å². The Kier molecular flexibility index (Phi) is 10.5. The van der Waals surface area contributed by atoms with E-state index in [1.54, 1.807) is 18.3 Å². The molecule has 3 N–H and O–H groups in total. The molecule has 17 heteroatoms. The maximum absolute atomic E-state index is 14.3. The lowest BCUT2D eigenvalue weighted by Crippen LogP contribution is -2.48. The number of nitrogens with one attached hydrogen (secondary N) is 3. The van der Waals surface area contributed by atoms with Crippen molar-refractivity contribution in [2.24, 2.45) is 0 Å². The number of halogens is 7. The fraction of sp³-hybridized carbons (Fsp3) is 0.263. The van der Waals surface area contributed by atoms with Gasteiger partial charge in [-0.1, -0.05) is 43.0 Å². The SMILES string of the molecule is C=C(/C=C\C(F)=C/C)[C@@]1(CCCC(F)(F)F)NC(=N)N(Cc2ccc(C(F)(F)F)c(C(=O)N3Cc4cnc(-c5cccc(-c6ccn[nH]6)c5)nc4C3)c2)C1=O. The number of allylic oxidation sites excluding steroid dienone is 3. The Morgan fingerprint density at radius 3 is 2.51 bits per heavy atom. The van der Waals surface area contributed by atoms with Crippen molar-refractivity contribution in [2.45, 2.75) is 63.7 Å². The number of hydrogen-bond donors (Lipinski definition) is 3. The number of carbonyl (C=O) groups excluding carboxylic acids is 2. The smallest absolute Gasteiger partial charge is 0.338 e. The van der Waals surface area contributed by atoms with E-state index in [0.717, 1.165) is 46.5 Å². The molecule has 55 heavy (non-hydrogen) atoms. The molecule has 1 atom stereocenters. The average molecular weight is 767 g/mol. The lowest BCUT2D eigenvalue weighted by atomic mass is 9.84. The van der Waals surface area contributed by atoms with Crippen molar-refractivity contribution < 1.29 is 40.3 Å². The molecule has 2 amide bonds. The monoisotopic (exact) mass is 766 g/mol. The minimum atomic E-state index is -4.94. The summed E-state index contributed by atoms with van der Waals surface area (Å²) in [6, 6.07) is 11.8. The van der Waals surface area contributed by atoms with Gasteiger partial charge in [-0.3, -0.25) is 25.0 Å². The predicted molar refractivity (Wildman–Crippen MR) is 187 cm³/mol. The summed E-state index contributed by atoms with van der Waals surface area (Å²) in [5, 5.41) is 17.9. The Bertz CT molecular complexity index is 2210. The molecule has 6 rings (SSSR count). The third kappa shape index (κ3) is 8.19. The Labute approximate surface area is 310 Å². The van der Waals surface area contributed by atoms with E-state index in [0.29, 0.717) is 28.7 Å². The molecule has 286 valence electrons. The van der Waals surface area contributed by atoms with Crippen LogP contribution in [0.4, 0.5) is 30.7 Å². The Morgan fingerprint density at radius 2 is 1.82 bits per heavy atom. The molecule has 1 fully saturated rings. The van der Waals surface area contributed by atoms with Crippen molar-refractivity contribution in [2.75, 3.05) is 0 Å². The number of hydrogen-bond acceptors (Lipinski definition) is 6. The highest BCUT2D eigenvalue weighted by atomic mass is 19.4. The number of amides is 2. The zero-order valence-corrected chi connectivity index (χ0v) is 29.2. The maximum Gasteiger partial charge on any atom is 0.417 e. The van der Waals surface area contributed by atoms with Crippen LogP contribution in [0.5, 0.6) is 0 Å². The molecule has 4 aromatic rings. The van der Waals surface area contributed by atoms with Gasteiger partial charge in [0.25, 0.3) is 11.8 Å². The molecular weight excluding hydrogens is 733 g/mol. The summed E-state index contributed by atoms with van der Waals surface area (Å²) < 4.78 is 96.1. The quantitative estimate of drug-likeness (QED) is 0.105. The summed E-state index contributed by atoms with van der Waals surface area (Å²) in [4.78, 5) is 38.8. The van der Waals surface area contributed by atoms with Gasteiger partial charge in [-0.15, -0.1) is 0 Å². The van der Waals surface area contributed by atoms with Crippen LogP contribution in [0.2, 0.25) is 0 Å². The molecule has 10 nitrogen and oxygen atoms in total. The first-order valence-electron chi connectivity index (χ1n) is 16.9. The number of alkyl halides is 6. The molecule has 2 aromatic carbocycles. The molecule has 0 radical (unpaired) electrons. The second-order valence-electron chi connectivity index (χ2n) is 13.0. The van der Waals surface area contributed by atoms with Gasteiger partial charge in [0.15, 0.2) is 11.8 Å².